The molecule has 0 saturated carbocycles. The minimum atomic E-state index is -0.0730. The number of hydrogen-bond donors (Lipinski definition) is 2. The quantitative estimate of drug-likeness (QED) is 0.755. The van der Waals surface area contributed by atoms with Crippen LogP contribution < -0.4 is 4.74 Å². The standard InChI is InChI=1S/C10H12N2O2/c1-6-8(14-2)4-3-7-10(6)12-9(5-13)11-7/h3-4,13H,5H2,1-2H3,(H,11,12). The van der Waals surface area contributed by atoms with Crippen molar-refractivity contribution in [2.75, 3.05) is 7.11 Å². The van der Waals surface area contributed by atoms with Crippen molar-refractivity contribution < 1.29 is 9.84 Å². The topological polar surface area (TPSA) is 58.1 Å². The zero-order valence-corrected chi connectivity index (χ0v) is 8.16. The predicted octanol–water partition coefficient (Wildman–Crippen LogP) is 1.37. The predicted molar refractivity (Wildman–Crippen MR) is 53.3 cm³/mol. The fourth-order valence-corrected chi connectivity index (χ4v) is 1.54. The lowest BCUT2D eigenvalue weighted by Crippen LogP contribution is -1.87. The number of rotatable bonds is 2. The number of aliphatic hydroxyl groups is 1. The number of aromatic amines is 1. The molecule has 0 fully saturated rings. The number of nitrogens with zero attached hydrogens (tertiary/aromatic N) is 1. The molecule has 1 heterocycles. The maximum absolute atomic E-state index is 8.93. The average molecular weight is 192 g/mol. The summed E-state index contributed by atoms with van der Waals surface area (Å²) in [6.07, 6.45) is 0. The van der Waals surface area contributed by atoms with Gasteiger partial charge in [0, 0.05) is 5.56 Å². The summed E-state index contributed by atoms with van der Waals surface area (Å²) in [6, 6.07) is 3.78. The van der Waals surface area contributed by atoms with E-state index >= 15 is 0 Å². The van der Waals surface area contributed by atoms with Gasteiger partial charge in [-0.1, -0.05) is 0 Å². The highest BCUT2D eigenvalue weighted by molar-refractivity contribution is 5.81. The zero-order valence-electron chi connectivity index (χ0n) is 8.16. The molecule has 14 heavy (non-hydrogen) atoms. The molecule has 0 atom stereocenters. The van der Waals surface area contributed by atoms with Crippen LogP contribution in [0, 0.1) is 6.92 Å². The number of fused-ring (bicyclic) bond motifs is 1. The minimum Gasteiger partial charge on any atom is -0.496 e. The zero-order chi connectivity index (χ0) is 10.1. The lowest BCUT2D eigenvalue weighted by molar-refractivity contribution is 0.273. The number of ether oxygens (including phenoxy) is 1. The number of aryl methyl sites for hydroxylation is 1. The molecule has 2 aromatic rings. The van der Waals surface area contributed by atoms with Crippen LogP contribution in [0.15, 0.2) is 12.1 Å². The van der Waals surface area contributed by atoms with E-state index in [9.17, 15) is 0 Å². The molecular weight excluding hydrogens is 180 g/mol. The van der Waals surface area contributed by atoms with Crippen molar-refractivity contribution in [3.05, 3.63) is 23.5 Å². The maximum Gasteiger partial charge on any atom is 0.133 e. The highest BCUT2D eigenvalue weighted by Gasteiger charge is 2.07. The molecule has 0 amide bonds. The van der Waals surface area contributed by atoms with E-state index < -0.39 is 0 Å². The first-order chi connectivity index (χ1) is 6.76. The number of aromatic nitrogens is 2. The summed E-state index contributed by atoms with van der Waals surface area (Å²) in [7, 11) is 1.63. The Bertz CT molecular complexity index is 462. The van der Waals surface area contributed by atoms with Gasteiger partial charge in [-0.3, -0.25) is 0 Å². The highest BCUT2D eigenvalue weighted by atomic mass is 16.5. The first kappa shape index (κ1) is 9.02. The van der Waals surface area contributed by atoms with Gasteiger partial charge in [0.2, 0.25) is 0 Å². The second kappa shape index (κ2) is 3.31. The summed E-state index contributed by atoms with van der Waals surface area (Å²) in [6.45, 7) is 1.87. The van der Waals surface area contributed by atoms with E-state index in [2.05, 4.69) is 9.97 Å². The Labute approximate surface area is 81.5 Å². The van der Waals surface area contributed by atoms with E-state index in [1.165, 1.54) is 0 Å². The van der Waals surface area contributed by atoms with Crippen LogP contribution in [0.2, 0.25) is 0 Å². The van der Waals surface area contributed by atoms with Crippen molar-refractivity contribution in [3.63, 3.8) is 0 Å². The van der Waals surface area contributed by atoms with Gasteiger partial charge in [-0.05, 0) is 19.1 Å². The van der Waals surface area contributed by atoms with Crippen LogP contribution in [0.25, 0.3) is 11.0 Å². The lowest BCUT2D eigenvalue weighted by atomic mass is 10.2. The molecule has 4 heteroatoms. The number of H-pyrrole nitrogens is 1. The molecule has 74 valence electrons. The van der Waals surface area contributed by atoms with Crippen LogP contribution in [-0.4, -0.2) is 22.2 Å². The van der Waals surface area contributed by atoms with Crippen LogP contribution >= 0.6 is 0 Å². The molecule has 2 rings (SSSR count). The minimum absolute atomic E-state index is 0.0730. The van der Waals surface area contributed by atoms with E-state index in [0.29, 0.717) is 5.82 Å². The molecule has 4 nitrogen and oxygen atoms in total. The number of hydrogen-bond acceptors (Lipinski definition) is 3. The van der Waals surface area contributed by atoms with Crippen LogP contribution in [0.5, 0.6) is 5.75 Å². The van der Waals surface area contributed by atoms with Gasteiger partial charge in [0.05, 0.1) is 18.1 Å². The first-order valence-electron chi connectivity index (χ1n) is 4.39. The van der Waals surface area contributed by atoms with E-state index in [-0.39, 0.29) is 6.61 Å². The molecule has 1 aromatic carbocycles. The van der Waals surface area contributed by atoms with Gasteiger partial charge in [-0.25, -0.2) is 4.98 Å². The van der Waals surface area contributed by atoms with Crippen molar-refractivity contribution in [3.8, 4) is 5.75 Å². The summed E-state index contributed by atoms with van der Waals surface area (Å²) in [5, 5.41) is 8.93. The normalized spacial score (nSPS) is 10.8. The molecule has 0 saturated heterocycles. The largest absolute Gasteiger partial charge is 0.496 e. The van der Waals surface area contributed by atoms with Gasteiger partial charge < -0.3 is 14.8 Å². The Balaban J connectivity index is 2.68. The first-order valence-corrected chi connectivity index (χ1v) is 4.39. The average Bonchev–Trinajstić information content (AvgIpc) is 2.62. The molecule has 0 unspecified atom stereocenters. The van der Waals surface area contributed by atoms with E-state index in [4.69, 9.17) is 9.84 Å². The summed E-state index contributed by atoms with van der Waals surface area (Å²) < 4.78 is 5.18. The van der Waals surface area contributed by atoms with Crippen LogP contribution in [0.1, 0.15) is 11.4 Å². The van der Waals surface area contributed by atoms with Gasteiger partial charge >= 0.3 is 0 Å². The van der Waals surface area contributed by atoms with Crippen molar-refractivity contribution in [2.45, 2.75) is 13.5 Å². The van der Waals surface area contributed by atoms with Crippen LogP contribution in [-0.2, 0) is 6.61 Å². The van der Waals surface area contributed by atoms with E-state index in [0.717, 1.165) is 22.3 Å². The second-order valence-corrected chi connectivity index (χ2v) is 3.13. The third kappa shape index (κ3) is 1.24. The van der Waals surface area contributed by atoms with Crippen molar-refractivity contribution in [1.29, 1.82) is 0 Å². The highest BCUT2D eigenvalue weighted by Crippen LogP contribution is 2.25. The Morgan fingerprint density at radius 2 is 2.29 bits per heavy atom. The fraction of sp³-hybridized carbons (Fsp3) is 0.300. The van der Waals surface area contributed by atoms with Gasteiger partial charge in [-0.15, -0.1) is 0 Å². The fourth-order valence-electron chi connectivity index (χ4n) is 1.54. The third-order valence-electron chi connectivity index (χ3n) is 2.28. The molecule has 0 aliphatic heterocycles. The Morgan fingerprint density at radius 3 is 2.93 bits per heavy atom. The summed E-state index contributed by atoms with van der Waals surface area (Å²) >= 11 is 0. The molecule has 0 aliphatic carbocycles. The number of nitrogens with one attached hydrogen (secondary N) is 1. The molecule has 0 aliphatic rings. The third-order valence-corrected chi connectivity index (χ3v) is 2.28. The summed E-state index contributed by atoms with van der Waals surface area (Å²) in [5.74, 6) is 1.39. The molecule has 0 radical (unpaired) electrons. The number of benzene rings is 1. The number of methoxy groups -OCH3 is 1. The monoisotopic (exact) mass is 192 g/mol. The van der Waals surface area contributed by atoms with E-state index in [1.807, 2.05) is 19.1 Å². The number of aliphatic hydroxyl groups excluding tert-OH is 1. The number of imidazole rings is 1. The smallest absolute Gasteiger partial charge is 0.133 e. The van der Waals surface area contributed by atoms with Crippen LogP contribution in [0.4, 0.5) is 0 Å². The molecule has 0 bridgehead atoms. The Kier molecular flexibility index (Phi) is 2.13. The van der Waals surface area contributed by atoms with Crippen molar-refractivity contribution in [2.24, 2.45) is 0 Å². The Hall–Kier alpha value is -1.55. The van der Waals surface area contributed by atoms with E-state index in [1.54, 1.807) is 7.11 Å². The van der Waals surface area contributed by atoms with Crippen molar-refractivity contribution >= 4 is 11.0 Å². The van der Waals surface area contributed by atoms with Crippen LogP contribution in [0.3, 0.4) is 0 Å². The summed E-state index contributed by atoms with van der Waals surface area (Å²) in [5.41, 5.74) is 2.77. The van der Waals surface area contributed by atoms with Gasteiger partial charge in [-0.2, -0.15) is 0 Å². The SMILES string of the molecule is COc1ccc2[nH]c(CO)nc2c1C. The summed E-state index contributed by atoms with van der Waals surface area (Å²) in [4.78, 5) is 7.27. The second-order valence-electron chi connectivity index (χ2n) is 3.13. The van der Waals surface area contributed by atoms with Crippen molar-refractivity contribution in [1.82, 2.24) is 9.97 Å². The van der Waals surface area contributed by atoms with Gasteiger partial charge in [0.25, 0.3) is 0 Å². The molecule has 1 aromatic heterocycles. The molecular formula is C10H12N2O2. The molecule has 2 N–H and O–H groups in total. The van der Waals surface area contributed by atoms with Gasteiger partial charge in [0.15, 0.2) is 0 Å². The Morgan fingerprint density at radius 1 is 1.50 bits per heavy atom. The lowest BCUT2D eigenvalue weighted by Gasteiger charge is -2.03. The maximum atomic E-state index is 8.93. The van der Waals surface area contributed by atoms with Gasteiger partial charge in [0.1, 0.15) is 18.2 Å². The molecule has 0 spiro atoms.